The van der Waals surface area contributed by atoms with Crippen molar-refractivity contribution >= 4 is 35.4 Å². The Labute approximate surface area is 164 Å². The summed E-state index contributed by atoms with van der Waals surface area (Å²) in [6, 6.07) is 6.56. The summed E-state index contributed by atoms with van der Waals surface area (Å²) in [6.45, 7) is 8.13. The lowest BCUT2D eigenvalue weighted by atomic mass is 10.2. The SMILES string of the molecule is CCCOC(=O)c1ccc(NC(=O)CSCCNC(=O)OC(C)(C)C)cc1. The minimum atomic E-state index is -0.528. The Bertz CT molecular complexity index is 626. The van der Waals surface area contributed by atoms with Crippen LogP contribution >= 0.6 is 11.8 Å². The van der Waals surface area contributed by atoms with Crippen molar-refractivity contribution < 1.29 is 23.9 Å². The Kier molecular flexibility index (Phi) is 9.71. The standard InChI is InChI=1S/C19H28N2O5S/c1-5-11-25-17(23)14-6-8-15(9-7-14)21-16(22)13-27-12-10-20-18(24)26-19(2,3)4/h6-9H,5,10-13H2,1-4H3,(H,20,24)(H,21,22). The number of ether oxygens (including phenoxy) is 2. The molecule has 0 atom stereocenters. The molecular weight excluding hydrogens is 368 g/mol. The van der Waals surface area contributed by atoms with Crippen LogP contribution in [-0.4, -0.2) is 48.2 Å². The number of hydrogen-bond donors (Lipinski definition) is 2. The third-order valence-electron chi connectivity index (χ3n) is 2.99. The number of amides is 2. The third kappa shape index (κ3) is 10.5. The lowest BCUT2D eigenvalue weighted by Crippen LogP contribution is -2.33. The van der Waals surface area contributed by atoms with Gasteiger partial charge in [-0.2, -0.15) is 11.8 Å². The van der Waals surface area contributed by atoms with Crippen LogP contribution in [0.4, 0.5) is 10.5 Å². The monoisotopic (exact) mass is 396 g/mol. The maximum absolute atomic E-state index is 11.9. The van der Waals surface area contributed by atoms with Gasteiger partial charge in [0.25, 0.3) is 0 Å². The van der Waals surface area contributed by atoms with E-state index in [0.717, 1.165) is 6.42 Å². The van der Waals surface area contributed by atoms with Gasteiger partial charge >= 0.3 is 12.1 Å². The number of nitrogens with one attached hydrogen (secondary N) is 2. The molecule has 0 bridgehead atoms. The summed E-state index contributed by atoms with van der Waals surface area (Å²) >= 11 is 1.40. The zero-order valence-corrected chi connectivity index (χ0v) is 17.1. The summed E-state index contributed by atoms with van der Waals surface area (Å²) in [5.41, 5.74) is 0.530. The maximum Gasteiger partial charge on any atom is 0.407 e. The first-order valence-electron chi connectivity index (χ1n) is 8.83. The molecule has 1 aromatic carbocycles. The van der Waals surface area contributed by atoms with Gasteiger partial charge in [0.2, 0.25) is 5.91 Å². The molecule has 0 aromatic heterocycles. The fraction of sp³-hybridized carbons (Fsp3) is 0.526. The third-order valence-corrected chi connectivity index (χ3v) is 3.95. The van der Waals surface area contributed by atoms with Crippen molar-refractivity contribution in [2.24, 2.45) is 0 Å². The first-order valence-corrected chi connectivity index (χ1v) is 9.98. The Balaban J connectivity index is 2.25. The summed E-state index contributed by atoms with van der Waals surface area (Å²) in [7, 11) is 0. The fourth-order valence-electron chi connectivity index (χ4n) is 1.87. The zero-order chi connectivity index (χ0) is 20.3. The van der Waals surface area contributed by atoms with E-state index in [1.54, 1.807) is 45.0 Å². The molecule has 1 rings (SSSR count). The van der Waals surface area contributed by atoms with E-state index >= 15 is 0 Å². The van der Waals surface area contributed by atoms with Crippen molar-refractivity contribution in [2.45, 2.75) is 39.7 Å². The van der Waals surface area contributed by atoms with Gasteiger partial charge in [0.1, 0.15) is 5.60 Å². The van der Waals surface area contributed by atoms with Gasteiger partial charge in [0.05, 0.1) is 17.9 Å². The number of benzene rings is 1. The van der Waals surface area contributed by atoms with E-state index in [-0.39, 0.29) is 17.6 Å². The molecule has 8 heteroatoms. The molecule has 150 valence electrons. The predicted molar refractivity (Wildman–Crippen MR) is 107 cm³/mol. The van der Waals surface area contributed by atoms with Crippen molar-refractivity contribution in [1.82, 2.24) is 5.32 Å². The lowest BCUT2D eigenvalue weighted by Gasteiger charge is -2.19. The molecule has 0 aliphatic heterocycles. The molecule has 0 aliphatic rings. The van der Waals surface area contributed by atoms with E-state index in [9.17, 15) is 14.4 Å². The number of carbonyl (C=O) groups is 3. The highest BCUT2D eigenvalue weighted by Crippen LogP contribution is 2.12. The van der Waals surface area contributed by atoms with Crippen LogP contribution in [0.15, 0.2) is 24.3 Å². The Hall–Kier alpha value is -2.22. The summed E-state index contributed by atoms with van der Waals surface area (Å²) in [4.78, 5) is 35.1. The van der Waals surface area contributed by atoms with Gasteiger partial charge < -0.3 is 20.1 Å². The van der Waals surface area contributed by atoms with Gasteiger partial charge in [-0.25, -0.2) is 9.59 Å². The van der Waals surface area contributed by atoms with Crippen LogP contribution in [0.25, 0.3) is 0 Å². The summed E-state index contributed by atoms with van der Waals surface area (Å²) < 4.78 is 10.2. The average molecular weight is 397 g/mol. The topological polar surface area (TPSA) is 93.7 Å². The van der Waals surface area contributed by atoms with E-state index in [4.69, 9.17) is 9.47 Å². The second kappa shape index (κ2) is 11.5. The van der Waals surface area contributed by atoms with Crippen molar-refractivity contribution in [2.75, 3.05) is 30.0 Å². The predicted octanol–water partition coefficient (Wildman–Crippen LogP) is 3.45. The normalized spacial score (nSPS) is 10.8. The second-order valence-electron chi connectivity index (χ2n) is 6.74. The molecule has 0 spiro atoms. The molecule has 0 unspecified atom stereocenters. The van der Waals surface area contributed by atoms with Gasteiger partial charge in [0.15, 0.2) is 0 Å². The number of anilines is 1. The minimum absolute atomic E-state index is 0.154. The molecule has 0 radical (unpaired) electrons. The largest absolute Gasteiger partial charge is 0.462 e. The lowest BCUT2D eigenvalue weighted by molar-refractivity contribution is -0.113. The van der Waals surface area contributed by atoms with Crippen molar-refractivity contribution in [1.29, 1.82) is 0 Å². The molecular formula is C19H28N2O5S. The number of hydrogen-bond acceptors (Lipinski definition) is 6. The van der Waals surface area contributed by atoms with Gasteiger partial charge in [-0.05, 0) is 51.5 Å². The molecule has 0 aliphatic carbocycles. The summed E-state index contributed by atoms with van der Waals surface area (Å²) in [5, 5.41) is 5.39. The molecule has 0 heterocycles. The molecule has 27 heavy (non-hydrogen) atoms. The number of thioether (sulfide) groups is 1. The Morgan fingerprint density at radius 3 is 2.37 bits per heavy atom. The second-order valence-corrected chi connectivity index (χ2v) is 7.85. The van der Waals surface area contributed by atoms with Crippen LogP contribution in [-0.2, 0) is 14.3 Å². The Morgan fingerprint density at radius 1 is 1.11 bits per heavy atom. The van der Waals surface area contributed by atoms with Crippen LogP contribution in [0.3, 0.4) is 0 Å². The minimum Gasteiger partial charge on any atom is -0.462 e. The van der Waals surface area contributed by atoms with Crippen molar-refractivity contribution in [3.8, 4) is 0 Å². The van der Waals surface area contributed by atoms with Gasteiger partial charge in [0, 0.05) is 18.0 Å². The van der Waals surface area contributed by atoms with Crippen LogP contribution in [0, 0.1) is 0 Å². The number of carbonyl (C=O) groups excluding carboxylic acids is 3. The van der Waals surface area contributed by atoms with Crippen LogP contribution in [0.1, 0.15) is 44.5 Å². The zero-order valence-electron chi connectivity index (χ0n) is 16.3. The maximum atomic E-state index is 11.9. The summed E-state index contributed by atoms with van der Waals surface area (Å²) in [6.07, 6.45) is 0.301. The number of alkyl carbamates (subject to hydrolysis) is 1. The van der Waals surface area contributed by atoms with Gasteiger partial charge in [-0.3, -0.25) is 4.79 Å². The molecule has 2 amide bonds. The highest BCUT2D eigenvalue weighted by molar-refractivity contribution is 7.99. The molecule has 0 saturated carbocycles. The quantitative estimate of drug-likeness (QED) is 0.490. The first kappa shape index (κ1) is 22.8. The highest BCUT2D eigenvalue weighted by atomic mass is 32.2. The van der Waals surface area contributed by atoms with Crippen LogP contribution < -0.4 is 10.6 Å². The van der Waals surface area contributed by atoms with Crippen molar-refractivity contribution in [3.63, 3.8) is 0 Å². The van der Waals surface area contributed by atoms with Crippen LogP contribution in [0.5, 0.6) is 0 Å². The van der Waals surface area contributed by atoms with Gasteiger partial charge in [-0.1, -0.05) is 6.92 Å². The fourth-order valence-corrected chi connectivity index (χ4v) is 2.52. The van der Waals surface area contributed by atoms with E-state index in [1.807, 2.05) is 6.92 Å². The van der Waals surface area contributed by atoms with E-state index in [2.05, 4.69) is 10.6 Å². The number of esters is 1. The van der Waals surface area contributed by atoms with E-state index in [0.29, 0.717) is 30.2 Å². The van der Waals surface area contributed by atoms with E-state index in [1.165, 1.54) is 11.8 Å². The van der Waals surface area contributed by atoms with Gasteiger partial charge in [-0.15, -0.1) is 0 Å². The molecule has 0 saturated heterocycles. The van der Waals surface area contributed by atoms with Crippen molar-refractivity contribution in [3.05, 3.63) is 29.8 Å². The summed E-state index contributed by atoms with van der Waals surface area (Å²) in [5.74, 6) is 0.326. The Morgan fingerprint density at radius 2 is 1.78 bits per heavy atom. The molecule has 1 aromatic rings. The highest BCUT2D eigenvalue weighted by Gasteiger charge is 2.15. The molecule has 0 fully saturated rings. The van der Waals surface area contributed by atoms with E-state index < -0.39 is 11.7 Å². The molecule has 7 nitrogen and oxygen atoms in total. The van der Waals surface area contributed by atoms with Crippen LogP contribution in [0.2, 0.25) is 0 Å². The molecule has 2 N–H and O–H groups in total. The number of rotatable bonds is 9. The first-order chi connectivity index (χ1) is 12.7. The average Bonchev–Trinajstić information content (AvgIpc) is 2.58. The smallest absolute Gasteiger partial charge is 0.407 e.